The van der Waals surface area contributed by atoms with Crippen molar-refractivity contribution in [2.24, 2.45) is 0 Å². The van der Waals surface area contributed by atoms with Crippen molar-refractivity contribution in [2.45, 2.75) is 100 Å². The van der Waals surface area contributed by atoms with Gasteiger partial charge in [0.25, 0.3) is 0 Å². The highest BCUT2D eigenvalue weighted by Gasteiger charge is 2.72. The first-order valence-electron chi connectivity index (χ1n) is 20.8. The lowest BCUT2D eigenvalue weighted by Gasteiger charge is -2.64. The van der Waals surface area contributed by atoms with Gasteiger partial charge in [0.2, 0.25) is 0 Å². The zero-order valence-electron chi connectivity index (χ0n) is 33.1. The highest BCUT2D eigenvalue weighted by Crippen LogP contribution is 2.65. The second-order valence-electron chi connectivity index (χ2n) is 16.3. The minimum Gasteiger partial charge on any atom is -0.504 e. The van der Waals surface area contributed by atoms with Crippen molar-refractivity contribution in [3.05, 3.63) is 102 Å². The van der Waals surface area contributed by atoms with Gasteiger partial charge in [-0.2, -0.15) is 0 Å². The first-order valence-corrected chi connectivity index (χ1v) is 20.8. The molecule has 3 N–H and O–H groups in total. The van der Waals surface area contributed by atoms with Gasteiger partial charge in [-0.25, -0.2) is 0 Å². The van der Waals surface area contributed by atoms with Crippen LogP contribution < -0.4 is 14.8 Å². The van der Waals surface area contributed by atoms with Gasteiger partial charge in [0.1, 0.15) is 18.0 Å². The average Bonchev–Trinajstić information content (AvgIpc) is 3.55. The number of piperidine rings is 1. The number of unbranched alkanes of at least 4 members (excludes halogenated alkanes) is 3. The second kappa shape index (κ2) is 18.2. The Hall–Kier alpha value is -3.44. The molecule has 3 aromatic rings. The predicted octanol–water partition coefficient (Wildman–Crippen LogP) is 6.73. The van der Waals surface area contributed by atoms with E-state index in [0.29, 0.717) is 25.6 Å². The molecule has 1 saturated carbocycles. The van der Waals surface area contributed by atoms with Crippen molar-refractivity contribution in [1.29, 1.82) is 0 Å². The van der Waals surface area contributed by atoms with Gasteiger partial charge in [-0.1, -0.05) is 73.0 Å². The number of likely N-dealkylation sites (N-methyl/N-ethyl adjacent to an activating group) is 1. The third kappa shape index (κ3) is 8.48. The Morgan fingerprint density at radius 1 is 0.964 bits per heavy atom. The Labute approximate surface area is 328 Å². The molecule has 0 radical (unpaired) electrons. The molecule has 3 unspecified atom stereocenters. The molecule has 55 heavy (non-hydrogen) atoms. The number of ether oxygens (including phenoxy) is 4. The molecule has 0 amide bonds. The number of aliphatic hydroxyl groups is 1. The Morgan fingerprint density at radius 3 is 2.55 bits per heavy atom. The van der Waals surface area contributed by atoms with E-state index in [2.05, 4.69) is 72.1 Å². The molecule has 2 aliphatic heterocycles. The third-order valence-electron chi connectivity index (χ3n) is 12.8. The normalized spacial score (nSPS) is 25.7. The largest absolute Gasteiger partial charge is 0.504 e. The molecular weight excluding hydrogens is 691 g/mol. The Balaban J connectivity index is 0.753. The molecule has 2 aliphatic carbocycles. The van der Waals surface area contributed by atoms with Crippen molar-refractivity contribution in [3.8, 4) is 17.2 Å². The number of hydrogen-bond donors (Lipinski definition) is 3. The van der Waals surface area contributed by atoms with Crippen molar-refractivity contribution in [2.75, 3.05) is 66.2 Å². The number of benzene rings is 3. The standard InChI is InChI=1S/C46H63N3O6/c1-4-25-49-27-23-45-42-36-16-19-39(50)43(42)55-44(45)38(20-22-46(45,51)41(49)33-36)47-24-10-5-6-11-29-52-31-32-53-30-28-48(3)26-21-40(35-12-8-7-9-13-35)54-37-17-14-34(2)15-18-37/h4,7-9,12-19,38,40-41,44,47,50-51H,1,5-6,10-11,20-33H2,2-3H3/t38?,40?,41-,44?,45+,46-/m1/s1. The third-order valence-corrected chi connectivity index (χ3v) is 12.8. The number of likely N-dealkylation sites (tertiary alicyclic amines) is 1. The fourth-order valence-electron chi connectivity index (χ4n) is 9.93. The summed E-state index contributed by atoms with van der Waals surface area (Å²) in [5.74, 6) is 1.70. The summed E-state index contributed by atoms with van der Waals surface area (Å²) >= 11 is 0. The molecule has 6 atom stereocenters. The number of aromatic hydroxyl groups is 1. The van der Waals surface area contributed by atoms with E-state index in [-0.39, 0.29) is 30.0 Å². The van der Waals surface area contributed by atoms with Crippen LogP contribution in [0.15, 0.2) is 79.4 Å². The molecule has 2 bridgehead atoms. The second-order valence-corrected chi connectivity index (χ2v) is 16.3. The minimum absolute atomic E-state index is 0.00243. The van der Waals surface area contributed by atoms with E-state index in [9.17, 15) is 10.2 Å². The molecule has 4 aliphatic rings. The molecule has 2 fully saturated rings. The highest BCUT2D eigenvalue weighted by molar-refractivity contribution is 5.62. The molecular formula is C46H63N3O6. The smallest absolute Gasteiger partial charge is 0.165 e. The molecule has 7 rings (SSSR count). The lowest BCUT2D eigenvalue weighted by molar-refractivity contribution is -0.189. The SMILES string of the molecule is C=CCN1CC[C@]23c4c5ccc(O)c4OC2C(NCCCCCCOCCOCCN(C)CCC(Oc2ccc(C)cc2)c2ccccc2)CC[C@@]3(O)[C@H]1C5. The first-order chi connectivity index (χ1) is 26.8. The first kappa shape index (κ1) is 39.8. The van der Waals surface area contributed by atoms with Crippen molar-refractivity contribution < 1.29 is 29.2 Å². The number of nitrogens with zero attached hydrogens (tertiary/aromatic N) is 2. The van der Waals surface area contributed by atoms with Crippen LogP contribution in [-0.4, -0.2) is 110 Å². The number of nitrogens with one attached hydrogen (secondary N) is 1. The summed E-state index contributed by atoms with van der Waals surface area (Å²) in [4.78, 5) is 4.71. The van der Waals surface area contributed by atoms with E-state index in [4.69, 9.17) is 18.9 Å². The lowest BCUT2D eigenvalue weighted by atomic mass is 9.48. The van der Waals surface area contributed by atoms with E-state index in [0.717, 1.165) is 108 Å². The van der Waals surface area contributed by atoms with E-state index in [1.807, 2.05) is 30.3 Å². The van der Waals surface area contributed by atoms with E-state index in [1.54, 1.807) is 6.07 Å². The van der Waals surface area contributed by atoms with Crippen LogP contribution in [0.25, 0.3) is 0 Å². The van der Waals surface area contributed by atoms with Crippen LogP contribution in [0.3, 0.4) is 0 Å². The fourth-order valence-corrected chi connectivity index (χ4v) is 9.93. The number of rotatable bonds is 22. The van der Waals surface area contributed by atoms with Crippen LogP contribution in [0.5, 0.6) is 17.2 Å². The number of hydrogen-bond acceptors (Lipinski definition) is 9. The summed E-state index contributed by atoms with van der Waals surface area (Å²) in [5, 5.41) is 27.2. The number of phenolic OH excluding ortho intramolecular Hbond substituents is 1. The maximum Gasteiger partial charge on any atom is 0.165 e. The Bertz CT molecular complexity index is 1690. The zero-order chi connectivity index (χ0) is 38.3. The van der Waals surface area contributed by atoms with Crippen molar-refractivity contribution in [1.82, 2.24) is 15.1 Å². The van der Waals surface area contributed by atoms with E-state index >= 15 is 0 Å². The topological polar surface area (TPSA) is 95.9 Å². The van der Waals surface area contributed by atoms with Gasteiger partial charge in [-0.05, 0) is 94.9 Å². The van der Waals surface area contributed by atoms with Crippen LogP contribution in [0.4, 0.5) is 0 Å². The van der Waals surface area contributed by atoms with Crippen molar-refractivity contribution >= 4 is 0 Å². The van der Waals surface area contributed by atoms with Crippen LogP contribution in [0, 0.1) is 6.92 Å². The summed E-state index contributed by atoms with van der Waals surface area (Å²) in [6.45, 7) is 13.1. The summed E-state index contributed by atoms with van der Waals surface area (Å²) in [6.07, 6.45) is 10.2. The van der Waals surface area contributed by atoms with Gasteiger partial charge in [0.05, 0.1) is 30.8 Å². The summed E-state index contributed by atoms with van der Waals surface area (Å²) in [7, 11) is 2.14. The number of aryl methyl sites for hydroxylation is 1. The predicted molar refractivity (Wildman–Crippen MR) is 217 cm³/mol. The summed E-state index contributed by atoms with van der Waals surface area (Å²) in [6, 6.07) is 22.7. The van der Waals surface area contributed by atoms with Gasteiger partial charge in [-0.3, -0.25) is 4.90 Å². The highest BCUT2D eigenvalue weighted by atomic mass is 16.5. The van der Waals surface area contributed by atoms with Gasteiger partial charge < -0.3 is 39.4 Å². The molecule has 3 aromatic carbocycles. The molecule has 1 saturated heterocycles. The molecule has 9 nitrogen and oxygen atoms in total. The Kier molecular flexibility index (Phi) is 13.2. The van der Waals surface area contributed by atoms with Crippen LogP contribution in [0.1, 0.15) is 79.7 Å². The molecule has 0 aromatic heterocycles. The van der Waals surface area contributed by atoms with E-state index in [1.165, 1.54) is 16.7 Å². The number of phenols is 1. The van der Waals surface area contributed by atoms with E-state index < -0.39 is 11.0 Å². The van der Waals surface area contributed by atoms with Crippen LogP contribution >= 0.6 is 0 Å². The maximum atomic E-state index is 12.5. The van der Waals surface area contributed by atoms with Crippen LogP contribution in [0.2, 0.25) is 0 Å². The molecule has 9 heteroatoms. The van der Waals surface area contributed by atoms with Gasteiger partial charge >= 0.3 is 0 Å². The molecule has 1 spiro atoms. The maximum absolute atomic E-state index is 12.5. The average molecular weight is 754 g/mol. The zero-order valence-corrected chi connectivity index (χ0v) is 33.1. The molecule has 298 valence electrons. The monoisotopic (exact) mass is 753 g/mol. The van der Waals surface area contributed by atoms with Crippen molar-refractivity contribution in [3.63, 3.8) is 0 Å². The van der Waals surface area contributed by atoms with Gasteiger partial charge in [-0.15, -0.1) is 6.58 Å². The van der Waals surface area contributed by atoms with Crippen LogP contribution in [-0.2, 0) is 21.3 Å². The fraction of sp³-hybridized carbons (Fsp3) is 0.565. The summed E-state index contributed by atoms with van der Waals surface area (Å²) in [5.41, 5.74) is 3.34. The molecule has 2 heterocycles. The summed E-state index contributed by atoms with van der Waals surface area (Å²) < 4.78 is 24.8. The quantitative estimate of drug-likeness (QED) is 0.0763. The van der Waals surface area contributed by atoms with Gasteiger partial charge in [0.15, 0.2) is 11.5 Å². The Morgan fingerprint density at radius 2 is 1.75 bits per heavy atom. The minimum atomic E-state index is -0.880. The van der Waals surface area contributed by atoms with Gasteiger partial charge in [0, 0.05) is 50.3 Å². The lowest BCUT2D eigenvalue weighted by Crippen LogP contribution is -2.78.